The first-order chi connectivity index (χ1) is 13.7. The first-order valence-corrected chi connectivity index (χ1v) is 9.99. The van der Waals surface area contributed by atoms with Gasteiger partial charge in [0.1, 0.15) is 5.82 Å². The van der Waals surface area contributed by atoms with E-state index >= 15 is 0 Å². The van der Waals surface area contributed by atoms with Gasteiger partial charge < -0.3 is 10.2 Å². The lowest BCUT2D eigenvalue weighted by molar-refractivity contribution is -0.137. The smallest absolute Gasteiger partial charge is 0.356 e. The van der Waals surface area contributed by atoms with Gasteiger partial charge in [-0.3, -0.25) is 4.79 Å². The van der Waals surface area contributed by atoms with Crippen molar-refractivity contribution in [1.29, 1.82) is 0 Å². The number of amides is 1. The van der Waals surface area contributed by atoms with Crippen molar-refractivity contribution >= 4 is 34.9 Å². The van der Waals surface area contributed by atoms with Gasteiger partial charge in [0.25, 0.3) is 0 Å². The molecule has 0 radical (unpaired) electrons. The fourth-order valence-corrected chi connectivity index (χ4v) is 3.84. The van der Waals surface area contributed by atoms with Crippen LogP contribution >= 0.6 is 23.2 Å². The van der Waals surface area contributed by atoms with Crippen LogP contribution in [0.2, 0.25) is 10.0 Å². The molecule has 1 aliphatic rings. The van der Waals surface area contributed by atoms with Crippen LogP contribution in [0.3, 0.4) is 0 Å². The Bertz CT molecular complexity index is 868. The van der Waals surface area contributed by atoms with E-state index < -0.39 is 11.7 Å². The first kappa shape index (κ1) is 21.7. The molecule has 1 aliphatic heterocycles. The molecule has 0 spiro atoms. The summed E-state index contributed by atoms with van der Waals surface area (Å²) in [5.41, 5.74) is 0.177. The molecule has 2 heterocycles. The third-order valence-electron chi connectivity index (χ3n) is 4.92. The molecule has 9 heteroatoms. The average Bonchev–Trinajstić information content (AvgIpc) is 2.67. The van der Waals surface area contributed by atoms with E-state index in [1.54, 1.807) is 6.07 Å². The third-order valence-corrected chi connectivity index (χ3v) is 5.43. The molecule has 0 saturated carbocycles. The Hall–Kier alpha value is -1.99. The molecule has 1 saturated heterocycles. The van der Waals surface area contributed by atoms with E-state index in [1.165, 1.54) is 0 Å². The first-order valence-electron chi connectivity index (χ1n) is 9.24. The van der Waals surface area contributed by atoms with E-state index in [1.807, 2.05) is 23.1 Å². The van der Waals surface area contributed by atoms with E-state index in [4.69, 9.17) is 23.2 Å². The van der Waals surface area contributed by atoms with Crippen molar-refractivity contribution in [1.82, 2.24) is 10.3 Å². The second-order valence-corrected chi connectivity index (χ2v) is 7.80. The molecule has 156 valence electrons. The monoisotopic (exact) mass is 445 g/mol. The number of carbonyl (C=O) groups excluding carboxylic acids is 1. The highest BCUT2D eigenvalue weighted by atomic mass is 35.5. The normalized spacial score (nSPS) is 15.4. The van der Waals surface area contributed by atoms with Crippen LogP contribution in [0.25, 0.3) is 0 Å². The number of aromatic nitrogens is 1. The molecule has 0 bridgehead atoms. The summed E-state index contributed by atoms with van der Waals surface area (Å²) in [7, 11) is 0. The number of halogens is 5. The summed E-state index contributed by atoms with van der Waals surface area (Å²) in [6.07, 6.45) is -1.83. The SMILES string of the molecule is O=C(NCCc1cccc(Cl)c1)C1CCN(c2ncc(C(F)(F)F)cc2Cl)CC1. The molecule has 0 aliphatic carbocycles. The maximum absolute atomic E-state index is 12.7. The van der Waals surface area contributed by atoms with Crippen molar-refractivity contribution in [2.24, 2.45) is 5.92 Å². The minimum absolute atomic E-state index is 0.0156. The molecule has 0 unspecified atom stereocenters. The fourth-order valence-electron chi connectivity index (χ4n) is 3.34. The summed E-state index contributed by atoms with van der Waals surface area (Å²) in [6, 6.07) is 8.38. The van der Waals surface area contributed by atoms with E-state index in [9.17, 15) is 18.0 Å². The Morgan fingerprint density at radius 1 is 1.21 bits per heavy atom. The number of piperidine rings is 1. The Kier molecular flexibility index (Phi) is 6.90. The number of anilines is 1. The van der Waals surface area contributed by atoms with Gasteiger partial charge >= 0.3 is 6.18 Å². The van der Waals surface area contributed by atoms with Crippen LogP contribution < -0.4 is 10.2 Å². The molecule has 3 rings (SSSR count). The molecule has 1 aromatic carbocycles. The molecule has 0 atom stereocenters. The van der Waals surface area contributed by atoms with Gasteiger partial charge in [-0.15, -0.1) is 0 Å². The topological polar surface area (TPSA) is 45.2 Å². The van der Waals surface area contributed by atoms with Crippen LogP contribution in [0.15, 0.2) is 36.5 Å². The molecular weight excluding hydrogens is 426 g/mol. The maximum atomic E-state index is 12.7. The van der Waals surface area contributed by atoms with Crippen molar-refractivity contribution in [3.63, 3.8) is 0 Å². The fraction of sp³-hybridized carbons (Fsp3) is 0.400. The second-order valence-electron chi connectivity index (χ2n) is 6.96. The minimum Gasteiger partial charge on any atom is -0.356 e. The summed E-state index contributed by atoms with van der Waals surface area (Å²) in [5.74, 6) is 0.163. The Labute approximate surface area is 177 Å². The van der Waals surface area contributed by atoms with Gasteiger partial charge in [-0.05, 0) is 43.0 Å². The van der Waals surface area contributed by atoms with Crippen molar-refractivity contribution in [3.8, 4) is 0 Å². The number of carbonyl (C=O) groups is 1. The highest BCUT2D eigenvalue weighted by Crippen LogP contribution is 2.34. The van der Waals surface area contributed by atoms with Gasteiger partial charge in [-0.2, -0.15) is 13.2 Å². The van der Waals surface area contributed by atoms with Gasteiger partial charge in [-0.25, -0.2) is 4.98 Å². The standard InChI is InChI=1S/C20H20Cl2F3N3O/c21-16-3-1-2-13(10-16)4-7-26-19(29)14-5-8-28(9-6-14)18-17(22)11-15(12-27-18)20(23,24)25/h1-3,10-12,14H,4-9H2,(H,26,29). The molecular formula is C20H20Cl2F3N3O. The van der Waals surface area contributed by atoms with E-state index in [0.29, 0.717) is 49.7 Å². The maximum Gasteiger partial charge on any atom is 0.417 e. The van der Waals surface area contributed by atoms with Crippen LogP contribution in [0.5, 0.6) is 0 Å². The minimum atomic E-state index is -4.48. The number of alkyl halides is 3. The van der Waals surface area contributed by atoms with Crippen LogP contribution in [-0.2, 0) is 17.4 Å². The lowest BCUT2D eigenvalue weighted by Gasteiger charge is -2.32. The summed E-state index contributed by atoms with van der Waals surface area (Å²) in [5, 5.41) is 3.57. The van der Waals surface area contributed by atoms with Crippen molar-refractivity contribution in [3.05, 3.63) is 57.7 Å². The van der Waals surface area contributed by atoms with Gasteiger partial charge in [0.05, 0.1) is 10.6 Å². The zero-order chi connectivity index (χ0) is 21.0. The lowest BCUT2D eigenvalue weighted by atomic mass is 9.95. The Balaban J connectivity index is 1.49. The molecule has 1 amide bonds. The van der Waals surface area contributed by atoms with Crippen LogP contribution in [0.1, 0.15) is 24.0 Å². The molecule has 2 aromatic rings. The number of nitrogens with zero attached hydrogens (tertiary/aromatic N) is 2. The number of rotatable bonds is 5. The summed E-state index contributed by atoms with van der Waals surface area (Å²) < 4.78 is 38.2. The number of benzene rings is 1. The van der Waals surface area contributed by atoms with Crippen molar-refractivity contribution in [2.45, 2.75) is 25.4 Å². The van der Waals surface area contributed by atoms with E-state index in [0.717, 1.165) is 17.8 Å². The third kappa shape index (κ3) is 5.76. The molecule has 1 N–H and O–H groups in total. The van der Waals surface area contributed by atoms with Gasteiger partial charge in [-0.1, -0.05) is 35.3 Å². The zero-order valence-electron chi connectivity index (χ0n) is 15.5. The quantitative estimate of drug-likeness (QED) is 0.705. The predicted octanol–water partition coefficient (Wildman–Crippen LogP) is 4.98. The highest BCUT2D eigenvalue weighted by Gasteiger charge is 2.33. The molecule has 1 fully saturated rings. The van der Waals surface area contributed by atoms with Crippen LogP contribution in [0, 0.1) is 5.92 Å². The van der Waals surface area contributed by atoms with Gasteiger partial charge in [0, 0.05) is 36.8 Å². The van der Waals surface area contributed by atoms with E-state index in [-0.39, 0.29) is 16.8 Å². The zero-order valence-corrected chi connectivity index (χ0v) is 17.0. The largest absolute Gasteiger partial charge is 0.417 e. The summed E-state index contributed by atoms with van der Waals surface area (Å²) in [6.45, 7) is 1.53. The summed E-state index contributed by atoms with van der Waals surface area (Å²) in [4.78, 5) is 18.1. The Morgan fingerprint density at radius 2 is 1.93 bits per heavy atom. The van der Waals surface area contributed by atoms with Crippen molar-refractivity contribution < 1.29 is 18.0 Å². The second kappa shape index (κ2) is 9.22. The lowest BCUT2D eigenvalue weighted by Crippen LogP contribution is -2.41. The number of hydrogen-bond donors (Lipinski definition) is 1. The molecule has 29 heavy (non-hydrogen) atoms. The van der Waals surface area contributed by atoms with Crippen molar-refractivity contribution in [2.75, 3.05) is 24.5 Å². The molecule has 1 aromatic heterocycles. The average molecular weight is 446 g/mol. The van der Waals surface area contributed by atoms with E-state index in [2.05, 4.69) is 10.3 Å². The highest BCUT2D eigenvalue weighted by molar-refractivity contribution is 6.33. The van der Waals surface area contributed by atoms with Crippen LogP contribution in [-0.4, -0.2) is 30.5 Å². The Morgan fingerprint density at radius 3 is 2.55 bits per heavy atom. The predicted molar refractivity (Wildman–Crippen MR) is 107 cm³/mol. The number of pyridine rings is 1. The summed E-state index contributed by atoms with van der Waals surface area (Å²) >= 11 is 12.0. The number of hydrogen-bond acceptors (Lipinski definition) is 3. The number of nitrogens with one attached hydrogen (secondary N) is 1. The van der Waals surface area contributed by atoms with Crippen LogP contribution in [0.4, 0.5) is 19.0 Å². The molecule has 4 nitrogen and oxygen atoms in total. The van der Waals surface area contributed by atoms with Gasteiger partial charge in [0.15, 0.2) is 0 Å². The van der Waals surface area contributed by atoms with Gasteiger partial charge in [0.2, 0.25) is 5.91 Å².